The van der Waals surface area contributed by atoms with Crippen LogP contribution in [0, 0.1) is 6.92 Å². The fourth-order valence-corrected chi connectivity index (χ4v) is 2.44. The van der Waals surface area contributed by atoms with Crippen LogP contribution in [0.3, 0.4) is 0 Å². The van der Waals surface area contributed by atoms with Crippen LogP contribution in [0.4, 0.5) is 0 Å². The highest BCUT2D eigenvalue weighted by atomic mass is 79.9. The number of halogens is 2. The first kappa shape index (κ1) is 11.7. The zero-order valence-electron chi connectivity index (χ0n) is 8.91. The van der Waals surface area contributed by atoms with Gasteiger partial charge in [-0.25, -0.2) is 0 Å². The Hall–Kier alpha value is -0.730. The van der Waals surface area contributed by atoms with Crippen molar-refractivity contribution in [3.05, 3.63) is 58.5 Å². The summed E-state index contributed by atoms with van der Waals surface area (Å²) in [6, 6.07) is 9.97. The first-order chi connectivity index (χ1) is 7.65. The summed E-state index contributed by atoms with van der Waals surface area (Å²) in [6.07, 6.45) is 2.69. The number of hydrogen-bond donors (Lipinski definition) is 0. The molecule has 0 amide bonds. The summed E-state index contributed by atoms with van der Waals surface area (Å²) in [6.45, 7) is 1.95. The van der Waals surface area contributed by atoms with Crippen molar-refractivity contribution in [1.29, 1.82) is 0 Å². The van der Waals surface area contributed by atoms with Gasteiger partial charge in [0, 0.05) is 15.4 Å². The van der Waals surface area contributed by atoms with Gasteiger partial charge in [0.2, 0.25) is 0 Å². The summed E-state index contributed by atoms with van der Waals surface area (Å²) in [5.74, 6) is 0.936. The second-order valence-corrected chi connectivity index (χ2v) is 5.33. The van der Waals surface area contributed by atoms with Crippen molar-refractivity contribution in [2.75, 3.05) is 0 Å². The monoisotopic (exact) mass is 298 g/mol. The maximum Gasteiger partial charge on any atom is 0.101 e. The number of rotatable bonds is 3. The number of alkyl halides is 1. The number of aryl methyl sites for hydroxylation is 1. The van der Waals surface area contributed by atoms with Crippen LogP contribution in [0.1, 0.15) is 21.7 Å². The minimum atomic E-state index is 0.267. The molecular formula is C13H12BrClO. The molecule has 1 atom stereocenters. The molecule has 2 aromatic rings. The van der Waals surface area contributed by atoms with E-state index in [4.69, 9.17) is 16.0 Å². The Kier molecular flexibility index (Phi) is 3.72. The predicted octanol–water partition coefficient (Wildman–Crippen LogP) is 4.92. The lowest BCUT2D eigenvalue weighted by atomic mass is 10.1. The second kappa shape index (κ2) is 5.07. The zero-order valence-corrected chi connectivity index (χ0v) is 11.3. The fourth-order valence-electron chi connectivity index (χ4n) is 1.62. The van der Waals surface area contributed by atoms with Crippen LogP contribution >= 0.6 is 27.5 Å². The third-order valence-electron chi connectivity index (χ3n) is 2.42. The molecule has 0 saturated heterocycles. The Morgan fingerprint density at radius 1 is 1.38 bits per heavy atom. The predicted molar refractivity (Wildman–Crippen MR) is 70.3 cm³/mol. The van der Waals surface area contributed by atoms with Crippen molar-refractivity contribution in [2.45, 2.75) is 18.2 Å². The Morgan fingerprint density at radius 2 is 2.19 bits per heavy atom. The van der Waals surface area contributed by atoms with Gasteiger partial charge < -0.3 is 4.42 Å². The molecule has 0 spiro atoms. The fraction of sp³-hybridized carbons (Fsp3) is 0.231. The third-order valence-corrected chi connectivity index (χ3v) is 3.50. The van der Waals surface area contributed by atoms with Crippen molar-refractivity contribution in [1.82, 2.24) is 0 Å². The van der Waals surface area contributed by atoms with E-state index in [2.05, 4.69) is 22.0 Å². The van der Waals surface area contributed by atoms with Crippen LogP contribution in [-0.4, -0.2) is 0 Å². The van der Waals surface area contributed by atoms with E-state index in [0.717, 1.165) is 22.8 Å². The lowest BCUT2D eigenvalue weighted by Gasteiger charge is -2.07. The highest BCUT2D eigenvalue weighted by molar-refractivity contribution is 9.09. The van der Waals surface area contributed by atoms with Crippen LogP contribution in [0.25, 0.3) is 0 Å². The van der Waals surface area contributed by atoms with E-state index < -0.39 is 0 Å². The van der Waals surface area contributed by atoms with E-state index in [9.17, 15) is 0 Å². The Morgan fingerprint density at radius 3 is 2.81 bits per heavy atom. The van der Waals surface area contributed by atoms with Gasteiger partial charge in [-0.1, -0.05) is 39.7 Å². The smallest absolute Gasteiger partial charge is 0.101 e. The molecular weight excluding hydrogens is 287 g/mol. The van der Waals surface area contributed by atoms with E-state index in [1.54, 1.807) is 6.26 Å². The van der Waals surface area contributed by atoms with Crippen LogP contribution in [-0.2, 0) is 6.42 Å². The first-order valence-electron chi connectivity index (χ1n) is 5.08. The topological polar surface area (TPSA) is 13.1 Å². The highest BCUT2D eigenvalue weighted by Gasteiger charge is 2.11. The third kappa shape index (κ3) is 2.89. The normalized spacial score (nSPS) is 12.7. The summed E-state index contributed by atoms with van der Waals surface area (Å²) in [5, 5.41) is 0.778. The summed E-state index contributed by atoms with van der Waals surface area (Å²) in [4.78, 5) is 0.267. The quantitative estimate of drug-likeness (QED) is 0.733. The standard InChI is InChI=1S/C13H12BrClO/c1-9-5-11(8-16-9)13(14)7-10-3-2-4-12(15)6-10/h2-6,8,13H,7H2,1H3. The first-order valence-corrected chi connectivity index (χ1v) is 6.38. The molecule has 1 aromatic heterocycles. The summed E-state index contributed by atoms with van der Waals surface area (Å²) >= 11 is 9.60. The van der Waals surface area contributed by atoms with Crippen LogP contribution in [0.5, 0.6) is 0 Å². The molecule has 0 aliphatic carbocycles. The minimum Gasteiger partial charge on any atom is -0.469 e. The highest BCUT2D eigenvalue weighted by Crippen LogP contribution is 2.29. The Balaban J connectivity index is 2.10. The van der Waals surface area contributed by atoms with Crippen molar-refractivity contribution in [3.63, 3.8) is 0 Å². The summed E-state index contributed by atoms with van der Waals surface area (Å²) in [5.41, 5.74) is 2.38. The van der Waals surface area contributed by atoms with Gasteiger partial charge in [-0.05, 0) is 37.1 Å². The second-order valence-electron chi connectivity index (χ2n) is 3.79. The maximum absolute atomic E-state index is 5.94. The molecule has 16 heavy (non-hydrogen) atoms. The lowest BCUT2D eigenvalue weighted by molar-refractivity contribution is 0.531. The van der Waals surface area contributed by atoms with Gasteiger partial charge in [-0.2, -0.15) is 0 Å². The number of benzene rings is 1. The molecule has 0 aliphatic rings. The molecule has 1 unspecified atom stereocenters. The summed E-state index contributed by atoms with van der Waals surface area (Å²) < 4.78 is 5.29. The Labute approximate surface area is 109 Å². The molecule has 1 nitrogen and oxygen atoms in total. The number of furan rings is 1. The molecule has 0 fully saturated rings. The van der Waals surface area contributed by atoms with Gasteiger partial charge in [0.15, 0.2) is 0 Å². The van der Waals surface area contributed by atoms with Crippen LogP contribution in [0.2, 0.25) is 5.02 Å². The largest absolute Gasteiger partial charge is 0.469 e. The Bertz CT molecular complexity index is 478. The molecule has 0 aliphatic heterocycles. The van der Waals surface area contributed by atoms with Gasteiger partial charge in [0.1, 0.15) is 5.76 Å². The molecule has 0 saturated carbocycles. The van der Waals surface area contributed by atoms with Crippen molar-refractivity contribution in [2.24, 2.45) is 0 Å². The maximum atomic E-state index is 5.94. The van der Waals surface area contributed by atoms with Gasteiger partial charge >= 0.3 is 0 Å². The van der Waals surface area contributed by atoms with E-state index in [1.807, 2.05) is 31.2 Å². The summed E-state index contributed by atoms with van der Waals surface area (Å²) in [7, 11) is 0. The van der Waals surface area contributed by atoms with Gasteiger partial charge in [-0.3, -0.25) is 0 Å². The average molecular weight is 300 g/mol. The van der Waals surface area contributed by atoms with E-state index >= 15 is 0 Å². The SMILES string of the molecule is Cc1cc(C(Br)Cc2cccc(Cl)c2)co1. The molecule has 1 heterocycles. The van der Waals surface area contributed by atoms with E-state index in [-0.39, 0.29) is 4.83 Å². The minimum absolute atomic E-state index is 0.267. The molecule has 0 bridgehead atoms. The van der Waals surface area contributed by atoms with Crippen molar-refractivity contribution < 1.29 is 4.42 Å². The van der Waals surface area contributed by atoms with E-state index in [1.165, 1.54) is 5.56 Å². The molecule has 3 heteroatoms. The van der Waals surface area contributed by atoms with E-state index in [0.29, 0.717) is 0 Å². The molecule has 1 aromatic carbocycles. The number of hydrogen-bond acceptors (Lipinski definition) is 1. The zero-order chi connectivity index (χ0) is 11.5. The van der Waals surface area contributed by atoms with Crippen molar-refractivity contribution in [3.8, 4) is 0 Å². The van der Waals surface area contributed by atoms with Gasteiger partial charge in [-0.15, -0.1) is 0 Å². The van der Waals surface area contributed by atoms with Crippen LogP contribution in [0.15, 0.2) is 41.0 Å². The molecule has 84 valence electrons. The van der Waals surface area contributed by atoms with Crippen molar-refractivity contribution >= 4 is 27.5 Å². The van der Waals surface area contributed by atoms with Gasteiger partial charge in [0.25, 0.3) is 0 Å². The molecule has 0 N–H and O–H groups in total. The molecule has 0 radical (unpaired) electrons. The average Bonchev–Trinajstić information content (AvgIpc) is 2.65. The lowest BCUT2D eigenvalue weighted by Crippen LogP contribution is -1.93. The van der Waals surface area contributed by atoms with Crippen LogP contribution < -0.4 is 0 Å². The van der Waals surface area contributed by atoms with Gasteiger partial charge in [0.05, 0.1) is 6.26 Å². The molecule has 2 rings (SSSR count).